The Morgan fingerprint density at radius 2 is 2.31 bits per heavy atom. The fourth-order valence-corrected chi connectivity index (χ4v) is 1.96. The van der Waals surface area contributed by atoms with Gasteiger partial charge in [-0.05, 0) is 18.8 Å². The number of rotatable bonds is 5. The van der Waals surface area contributed by atoms with Gasteiger partial charge in [0.2, 0.25) is 0 Å². The van der Waals surface area contributed by atoms with Crippen molar-refractivity contribution in [2.75, 3.05) is 19.1 Å². The average molecular weight is 206 g/mol. The summed E-state index contributed by atoms with van der Waals surface area (Å²) >= 11 is 5.89. The van der Waals surface area contributed by atoms with E-state index < -0.39 is 0 Å². The third-order valence-electron chi connectivity index (χ3n) is 2.34. The monoisotopic (exact) mass is 205 g/mol. The fraction of sp³-hybridized carbons (Fsp3) is 1.00. The van der Waals surface area contributed by atoms with Crippen molar-refractivity contribution in [3.05, 3.63) is 0 Å². The quantitative estimate of drug-likeness (QED) is 0.694. The normalized spacial score (nSPS) is 25.4. The summed E-state index contributed by atoms with van der Waals surface area (Å²) in [6.07, 6.45) is 2.28. The Morgan fingerprint density at radius 3 is 2.77 bits per heavy atom. The van der Waals surface area contributed by atoms with E-state index in [2.05, 4.69) is 19.2 Å². The Bertz CT molecular complexity index is 135. The van der Waals surface area contributed by atoms with Gasteiger partial charge < -0.3 is 10.1 Å². The van der Waals surface area contributed by atoms with Crippen LogP contribution in [0.1, 0.15) is 26.7 Å². The van der Waals surface area contributed by atoms with Crippen molar-refractivity contribution in [1.29, 1.82) is 0 Å². The van der Waals surface area contributed by atoms with Crippen LogP contribution in [0, 0.1) is 5.92 Å². The molecule has 3 heteroatoms. The molecule has 0 aromatic carbocycles. The van der Waals surface area contributed by atoms with Crippen LogP contribution in [0.3, 0.4) is 0 Å². The van der Waals surface area contributed by atoms with Gasteiger partial charge >= 0.3 is 0 Å². The van der Waals surface area contributed by atoms with Crippen molar-refractivity contribution in [2.24, 2.45) is 5.92 Å². The second-order valence-electron chi connectivity index (χ2n) is 4.21. The van der Waals surface area contributed by atoms with Crippen molar-refractivity contribution in [1.82, 2.24) is 5.32 Å². The van der Waals surface area contributed by atoms with Gasteiger partial charge in [0.25, 0.3) is 0 Å². The summed E-state index contributed by atoms with van der Waals surface area (Å²) in [4.78, 5) is 0. The lowest BCUT2D eigenvalue weighted by Crippen LogP contribution is -2.40. The number of hydrogen-bond donors (Lipinski definition) is 1. The van der Waals surface area contributed by atoms with Crippen molar-refractivity contribution < 1.29 is 4.74 Å². The first-order valence-electron chi connectivity index (χ1n) is 5.12. The van der Waals surface area contributed by atoms with Crippen LogP contribution in [-0.2, 0) is 4.74 Å². The minimum Gasteiger partial charge on any atom is -0.380 e. The number of halogens is 1. The van der Waals surface area contributed by atoms with Gasteiger partial charge in [0.05, 0.1) is 6.61 Å². The second-order valence-corrected chi connectivity index (χ2v) is 4.52. The molecule has 0 spiro atoms. The van der Waals surface area contributed by atoms with Crippen LogP contribution in [0.25, 0.3) is 0 Å². The lowest BCUT2D eigenvalue weighted by Gasteiger charge is -2.21. The Morgan fingerprint density at radius 1 is 1.54 bits per heavy atom. The maximum Gasteiger partial charge on any atom is 0.0620 e. The zero-order valence-corrected chi connectivity index (χ0v) is 9.31. The first-order valence-corrected chi connectivity index (χ1v) is 5.65. The third kappa shape index (κ3) is 4.30. The lowest BCUT2D eigenvalue weighted by molar-refractivity contribution is 0.187. The van der Waals surface area contributed by atoms with Crippen LogP contribution in [-0.4, -0.2) is 31.2 Å². The van der Waals surface area contributed by atoms with Gasteiger partial charge in [-0.2, -0.15) is 0 Å². The predicted molar refractivity (Wildman–Crippen MR) is 56.3 cm³/mol. The highest BCUT2D eigenvalue weighted by atomic mass is 35.5. The standard InChI is InChI=1S/C10H20ClNO/c1-8(2)5-10(6-11)12-9-3-4-13-7-9/h8-10,12H,3-7H2,1-2H3. The summed E-state index contributed by atoms with van der Waals surface area (Å²) in [6, 6.07) is 0.982. The number of alkyl halides is 1. The summed E-state index contributed by atoms with van der Waals surface area (Å²) in [5, 5.41) is 3.54. The molecule has 13 heavy (non-hydrogen) atoms. The van der Waals surface area contributed by atoms with Crippen LogP contribution in [0.5, 0.6) is 0 Å². The first-order chi connectivity index (χ1) is 6.22. The summed E-state index contributed by atoms with van der Waals surface area (Å²) < 4.78 is 5.30. The molecule has 2 nitrogen and oxygen atoms in total. The Labute approximate surface area is 86.0 Å². The molecule has 0 aromatic rings. The zero-order chi connectivity index (χ0) is 9.68. The van der Waals surface area contributed by atoms with Crippen LogP contribution in [0.4, 0.5) is 0 Å². The number of nitrogens with one attached hydrogen (secondary N) is 1. The number of hydrogen-bond acceptors (Lipinski definition) is 2. The molecule has 0 radical (unpaired) electrons. The molecule has 0 bridgehead atoms. The molecule has 78 valence electrons. The van der Waals surface area contributed by atoms with E-state index in [1.807, 2.05) is 0 Å². The van der Waals surface area contributed by atoms with Gasteiger partial charge in [0, 0.05) is 24.6 Å². The largest absolute Gasteiger partial charge is 0.380 e. The molecule has 1 saturated heterocycles. The minimum atomic E-state index is 0.452. The van der Waals surface area contributed by atoms with Crippen molar-refractivity contribution in [3.63, 3.8) is 0 Å². The summed E-state index contributed by atoms with van der Waals surface area (Å²) in [5.41, 5.74) is 0. The summed E-state index contributed by atoms with van der Waals surface area (Å²) in [7, 11) is 0. The fourth-order valence-electron chi connectivity index (χ4n) is 1.74. The van der Waals surface area contributed by atoms with E-state index in [0.29, 0.717) is 23.9 Å². The van der Waals surface area contributed by atoms with Gasteiger partial charge in [-0.1, -0.05) is 13.8 Å². The van der Waals surface area contributed by atoms with Crippen molar-refractivity contribution in [3.8, 4) is 0 Å². The molecule has 0 aliphatic carbocycles. The molecule has 0 saturated carbocycles. The van der Waals surface area contributed by atoms with E-state index in [1.165, 1.54) is 0 Å². The molecule has 1 fully saturated rings. The van der Waals surface area contributed by atoms with E-state index in [-0.39, 0.29) is 0 Å². The predicted octanol–water partition coefficient (Wildman–Crippen LogP) is 2.02. The van der Waals surface area contributed by atoms with E-state index in [1.54, 1.807) is 0 Å². The molecule has 2 unspecified atom stereocenters. The molecule has 1 rings (SSSR count). The van der Waals surface area contributed by atoms with E-state index in [9.17, 15) is 0 Å². The van der Waals surface area contributed by atoms with Gasteiger partial charge in [0.15, 0.2) is 0 Å². The van der Waals surface area contributed by atoms with Crippen LogP contribution in [0.15, 0.2) is 0 Å². The SMILES string of the molecule is CC(C)CC(CCl)NC1CCOC1. The molecular weight excluding hydrogens is 186 g/mol. The smallest absolute Gasteiger partial charge is 0.0620 e. The highest BCUT2D eigenvalue weighted by Gasteiger charge is 2.19. The van der Waals surface area contributed by atoms with Gasteiger partial charge in [-0.25, -0.2) is 0 Å². The average Bonchev–Trinajstić information content (AvgIpc) is 2.55. The van der Waals surface area contributed by atoms with E-state index in [0.717, 1.165) is 26.1 Å². The van der Waals surface area contributed by atoms with Gasteiger partial charge in [-0.3, -0.25) is 0 Å². The molecule has 0 amide bonds. The molecular formula is C10H20ClNO. The van der Waals surface area contributed by atoms with Gasteiger partial charge in [0.1, 0.15) is 0 Å². The van der Waals surface area contributed by atoms with E-state index in [4.69, 9.17) is 16.3 Å². The summed E-state index contributed by atoms with van der Waals surface area (Å²) in [5.74, 6) is 1.41. The lowest BCUT2D eigenvalue weighted by atomic mass is 10.0. The molecule has 1 aliphatic heterocycles. The highest BCUT2D eigenvalue weighted by Crippen LogP contribution is 2.10. The van der Waals surface area contributed by atoms with Crippen molar-refractivity contribution >= 4 is 11.6 Å². The van der Waals surface area contributed by atoms with Crippen LogP contribution < -0.4 is 5.32 Å². The van der Waals surface area contributed by atoms with Crippen LogP contribution in [0.2, 0.25) is 0 Å². The Balaban J connectivity index is 2.21. The first kappa shape index (κ1) is 11.3. The maximum atomic E-state index is 5.89. The van der Waals surface area contributed by atoms with Crippen molar-refractivity contribution in [2.45, 2.75) is 38.8 Å². The number of ether oxygens (including phenoxy) is 1. The van der Waals surface area contributed by atoms with Gasteiger partial charge in [-0.15, -0.1) is 11.6 Å². The molecule has 2 atom stereocenters. The third-order valence-corrected chi connectivity index (χ3v) is 2.72. The maximum absolute atomic E-state index is 5.89. The molecule has 0 aromatic heterocycles. The van der Waals surface area contributed by atoms with Crippen LogP contribution >= 0.6 is 11.6 Å². The summed E-state index contributed by atoms with van der Waals surface area (Å²) in [6.45, 7) is 6.21. The molecule has 1 aliphatic rings. The van der Waals surface area contributed by atoms with E-state index >= 15 is 0 Å². The zero-order valence-electron chi connectivity index (χ0n) is 8.55. The Hall–Kier alpha value is 0.210. The molecule has 1 heterocycles. The minimum absolute atomic E-state index is 0.452. The molecule has 1 N–H and O–H groups in total. The highest BCUT2D eigenvalue weighted by molar-refractivity contribution is 6.18. The Kier molecular flexibility index (Phi) is 5.07. The topological polar surface area (TPSA) is 21.3 Å². The second kappa shape index (κ2) is 5.84.